The maximum Gasteiger partial charge on any atom is 0.261 e. The first-order valence-corrected chi connectivity index (χ1v) is 15.7. The normalized spacial score (nSPS) is 19.0. The van der Waals surface area contributed by atoms with Gasteiger partial charge in [0.25, 0.3) is 11.8 Å². The van der Waals surface area contributed by atoms with Crippen LogP contribution in [-0.2, 0) is 9.47 Å². The van der Waals surface area contributed by atoms with Gasteiger partial charge in [0, 0.05) is 83.3 Å². The van der Waals surface area contributed by atoms with Crippen LogP contribution in [0, 0.1) is 0 Å². The minimum absolute atomic E-state index is 0.180. The fourth-order valence-electron chi connectivity index (χ4n) is 4.65. The Kier molecular flexibility index (Phi) is 11.4. The zero-order chi connectivity index (χ0) is 25.9. The van der Waals surface area contributed by atoms with Gasteiger partial charge in [-0.3, -0.25) is 19.4 Å². The Hall–Kier alpha value is -1.78. The van der Waals surface area contributed by atoms with Gasteiger partial charge >= 0.3 is 0 Å². The Morgan fingerprint density at radius 3 is 2.19 bits per heavy atom. The van der Waals surface area contributed by atoms with Crippen molar-refractivity contribution in [3.63, 3.8) is 0 Å². The van der Waals surface area contributed by atoms with E-state index in [1.54, 1.807) is 0 Å². The third kappa shape index (κ3) is 7.63. The van der Waals surface area contributed by atoms with Crippen LogP contribution in [0.5, 0.6) is 0 Å². The number of carbonyl (C=O) groups excluding carboxylic acids is 2. The van der Waals surface area contributed by atoms with Gasteiger partial charge in [-0.1, -0.05) is 25.5 Å². The summed E-state index contributed by atoms with van der Waals surface area (Å²) < 4.78 is 11.3. The van der Waals surface area contributed by atoms with Gasteiger partial charge in [0.1, 0.15) is 0 Å². The van der Waals surface area contributed by atoms with E-state index in [4.69, 9.17) is 9.47 Å². The second-order valence-corrected chi connectivity index (χ2v) is 11.7. The second-order valence-electron chi connectivity index (χ2n) is 9.22. The number of rotatable bonds is 7. The van der Waals surface area contributed by atoms with Crippen LogP contribution >= 0.6 is 23.5 Å². The van der Waals surface area contributed by atoms with Crippen LogP contribution in [0.2, 0.25) is 0 Å². The molecule has 0 spiro atoms. The zero-order valence-corrected chi connectivity index (χ0v) is 23.5. The highest BCUT2D eigenvalue weighted by atomic mass is 32.2. The fourth-order valence-corrected chi connectivity index (χ4v) is 6.31. The average molecular weight is 546 g/mol. The van der Waals surface area contributed by atoms with Crippen molar-refractivity contribution in [3.8, 4) is 0 Å². The molecule has 0 aromatic heterocycles. The molecule has 1 fully saturated rings. The van der Waals surface area contributed by atoms with Gasteiger partial charge in [-0.05, 0) is 24.6 Å². The van der Waals surface area contributed by atoms with E-state index in [9.17, 15) is 9.59 Å². The van der Waals surface area contributed by atoms with Crippen LogP contribution in [0.3, 0.4) is 0 Å². The van der Waals surface area contributed by atoms with Crippen molar-refractivity contribution < 1.29 is 19.1 Å². The molecule has 2 aromatic rings. The molecule has 4 rings (SSSR count). The monoisotopic (exact) mass is 545 g/mol. The molecular formula is C28H39N3O4S2. The molecule has 2 aromatic carbocycles. The highest BCUT2D eigenvalue weighted by Crippen LogP contribution is 2.34. The minimum Gasteiger partial charge on any atom is -0.383 e. The summed E-state index contributed by atoms with van der Waals surface area (Å²) in [6.45, 7) is 9.26. The zero-order valence-electron chi connectivity index (χ0n) is 21.8. The smallest absolute Gasteiger partial charge is 0.261 e. The largest absolute Gasteiger partial charge is 0.383 e. The van der Waals surface area contributed by atoms with Crippen molar-refractivity contribution in [2.75, 3.05) is 87.5 Å². The van der Waals surface area contributed by atoms with Crippen LogP contribution in [0.25, 0.3) is 10.8 Å². The van der Waals surface area contributed by atoms with E-state index < -0.39 is 0 Å². The molecule has 2 heterocycles. The van der Waals surface area contributed by atoms with Crippen molar-refractivity contribution in [1.29, 1.82) is 0 Å². The van der Waals surface area contributed by atoms with Crippen molar-refractivity contribution in [3.05, 3.63) is 41.5 Å². The summed E-state index contributed by atoms with van der Waals surface area (Å²) in [6, 6.07) is 9.64. The highest BCUT2D eigenvalue weighted by Gasteiger charge is 2.32. The van der Waals surface area contributed by atoms with E-state index in [-0.39, 0.29) is 11.8 Å². The highest BCUT2D eigenvalue weighted by molar-refractivity contribution is 7.99. The maximum absolute atomic E-state index is 13.1. The Balaban J connectivity index is 1.39. The number of hydrogen-bond donors (Lipinski definition) is 1. The number of hydrogen-bond acceptors (Lipinski definition) is 8. The lowest BCUT2D eigenvalue weighted by Crippen LogP contribution is -2.40. The van der Waals surface area contributed by atoms with E-state index in [1.807, 2.05) is 53.9 Å². The number of anilines is 1. The first kappa shape index (κ1) is 28.2. The third-order valence-electron chi connectivity index (χ3n) is 6.69. The van der Waals surface area contributed by atoms with Crippen LogP contribution in [-0.4, -0.2) is 104 Å². The molecule has 7 nitrogen and oxygen atoms in total. The van der Waals surface area contributed by atoms with Gasteiger partial charge < -0.3 is 14.8 Å². The maximum atomic E-state index is 13.1. The standard InChI is InChI=1S/C28H39N3O4S2/c1-2-3-10-31-27(32)23-6-4-5-22-25(8-7-24(26(22)23)28(31)33)29-9-11-30-12-18-36-20-16-34-14-15-35-17-21-37-19-13-30/h4-8,29H,2-3,9-21H2,1H3. The molecule has 0 unspecified atom stereocenters. The number of carbonyl (C=O) groups is 2. The van der Waals surface area contributed by atoms with Gasteiger partial charge in [-0.2, -0.15) is 23.5 Å². The molecule has 2 aliphatic rings. The molecule has 1 saturated heterocycles. The van der Waals surface area contributed by atoms with Crippen molar-refractivity contribution in [2.45, 2.75) is 19.8 Å². The second kappa shape index (κ2) is 15.0. The lowest BCUT2D eigenvalue weighted by atomic mass is 9.93. The first-order chi connectivity index (χ1) is 18.2. The molecule has 0 atom stereocenters. The van der Waals surface area contributed by atoms with Gasteiger partial charge in [0.2, 0.25) is 0 Å². The predicted molar refractivity (Wildman–Crippen MR) is 155 cm³/mol. The molecule has 0 aliphatic carbocycles. The van der Waals surface area contributed by atoms with Crippen LogP contribution in [0.4, 0.5) is 5.69 Å². The number of nitrogens with one attached hydrogen (secondary N) is 1. The van der Waals surface area contributed by atoms with Gasteiger partial charge in [-0.15, -0.1) is 0 Å². The Morgan fingerprint density at radius 1 is 0.838 bits per heavy atom. The fraction of sp³-hybridized carbons (Fsp3) is 0.571. The lowest BCUT2D eigenvalue weighted by Gasteiger charge is -2.28. The number of ether oxygens (including phenoxy) is 2. The summed E-state index contributed by atoms with van der Waals surface area (Å²) in [5.74, 6) is 3.83. The van der Waals surface area contributed by atoms with Crippen molar-refractivity contribution in [1.82, 2.24) is 9.80 Å². The molecule has 2 amide bonds. The predicted octanol–water partition coefficient (Wildman–Crippen LogP) is 4.46. The summed E-state index contributed by atoms with van der Waals surface area (Å²) in [5, 5.41) is 5.31. The van der Waals surface area contributed by atoms with Crippen molar-refractivity contribution in [2.24, 2.45) is 0 Å². The molecule has 2 aliphatic heterocycles. The molecule has 0 radical (unpaired) electrons. The number of nitrogens with zero attached hydrogens (tertiary/aromatic N) is 2. The molecule has 0 saturated carbocycles. The Morgan fingerprint density at radius 2 is 1.51 bits per heavy atom. The molecular weight excluding hydrogens is 506 g/mol. The third-order valence-corrected chi connectivity index (χ3v) is 8.54. The number of unbranched alkanes of at least 4 members (excludes halogenated alkanes) is 1. The molecule has 1 N–H and O–H groups in total. The van der Waals surface area contributed by atoms with Gasteiger partial charge in [0.15, 0.2) is 0 Å². The minimum atomic E-state index is -0.180. The quantitative estimate of drug-likeness (QED) is 0.512. The first-order valence-electron chi connectivity index (χ1n) is 13.4. The van der Waals surface area contributed by atoms with E-state index in [2.05, 4.69) is 17.1 Å². The Bertz CT molecular complexity index is 1010. The summed E-state index contributed by atoms with van der Waals surface area (Å²) in [6.07, 6.45) is 1.76. The van der Waals surface area contributed by atoms with Gasteiger partial charge in [-0.25, -0.2) is 0 Å². The SMILES string of the molecule is CCCCN1C(=O)c2cccc3c(NCCN4CCSCCOCCOCCSCC4)ccc(c23)C1=O. The molecule has 37 heavy (non-hydrogen) atoms. The topological polar surface area (TPSA) is 71.1 Å². The van der Waals surface area contributed by atoms with Crippen LogP contribution in [0.15, 0.2) is 30.3 Å². The molecule has 9 heteroatoms. The van der Waals surface area contributed by atoms with E-state index >= 15 is 0 Å². The number of imide groups is 1. The van der Waals surface area contributed by atoms with E-state index in [0.717, 1.165) is 91.7 Å². The van der Waals surface area contributed by atoms with E-state index in [0.29, 0.717) is 30.9 Å². The average Bonchev–Trinajstić information content (AvgIpc) is 2.92. The summed E-state index contributed by atoms with van der Waals surface area (Å²) in [5.41, 5.74) is 2.22. The Labute approximate surface area is 229 Å². The van der Waals surface area contributed by atoms with Crippen LogP contribution in [0.1, 0.15) is 40.5 Å². The lowest BCUT2D eigenvalue weighted by molar-refractivity contribution is 0.0605. The number of benzene rings is 2. The molecule has 0 bridgehead atoms. The van der Waals surface area contributed by atoms with E-state index in [1.165, 1.54) is 4.90 Å². The molecule has 202 valence electrons. The summed E-state index contributed by atoms with van der Waals surface area (Å²) >= 11 is 3.87. The number of amides is 2. The van der Waals surface area contributed by atoms with Crippen LogP contribution < -0.4 is 5.32 Å². The van der Waals surface area contributed by atoms with Gasteiger partial charge in [0.05, 0.1) is 26.4 Å². The summed E-state index contributed by atoms with van der Waals surface area (Å²) in [4.78, 5) is 30.2. The number of thioether (sulfide) groups is 2. The van der Waals surface area contributed by atoms with Crippen molar-refractivity contribution >= 4 is 51.8 Å². The summed E-state index contributed by atoms with van der Waals surface area (Å²) in [7, 11) is 0.